The molecule has 0 atom stereocenters. The monoisotopic (exact) mass is 450 g/mol. The van der Waals surface area contributed by atoms with Crippen molar-refractivity contribution >= 4 is 40.5 Å². The molecular weight excluding hydrogens is 431 g/mol. The van der Waals surface area contributed by atoms with E-state index in [1.54, 1.807) is 16.8 Å². The topological polar surface area (TPSA) is 33.4 Å². The van der Waals surface area contributed by atoms with E-state index in [-0.39, 0.29) is 10.6 Å². The van der Waals surface area contributed by atoms with Gasteiger partial charge in [-0.1, -0.05) is 46.9 Å². The van der Waals surface area contributed by atoms with Gasteiger partial charge >= 0.3 is 0 Å². The van der Waals surface area contributed by atoms with Crippen molar-refractivity contribution < 1.29 is 0 Å². The van der Waals surface area contributed by atoms with Crippen LogP contribution in [-0.2, 0) is 13.6 Å². The van der Waals surface area contributed by atoms with Crippen LogP contribution in [-0.4, -0.2) is 40.4 Å². The summed E-state index contributed by atoms with van der Waals surface area (Å²) in [6.45, 7) is 4.08. The van der Waals surface area contributed by atoms with Crippen molar-refractivity contribution in [2.45, 2.75) is 6.54 Å². The normalized spacial score (nSPS) is 15.1. The molecule has 1 aliphatic heterocycles. The Hall–Kier alpha value is -1.92. The number of nitrogens with zero attached hydrogens (tertiary/aromatic N) is 4. The Morgan fingerprint density at radius 3 is 2.21 bits per heavy atom. The molecule has 5 nitrogen and oxygen atoms in total. The number of piperazine rings is 1. The second-order valence-corrected chi connectivity index (χ2v) is 8.31. The molecule has 0 unspecified atom stereocenters. The summed E-state index contributed by atoms with van der Waals surface area (Å²) in [5, 5.41) is 1.65. The second-order valence-electron chi connectivity index (χ2n) is 7.09. The largest absolute Gasteiger partial charge is 0.368 e. The standard InChI is InChI=1S/C21H21Cl3N4O/c1-25-19(20(24)21(29)28(25)16-8-6-15(22)7-9-16)14-26-10-12-27(13-11-26)18-5-3-2-4-17(18)23/h2-9H,10-14H2,1H3. The number of para-hydroxylation sites is 1. The fourth-order valence-corrected chi connectivity index (χ4v) is 4.37. The number of benzene rings is 2. The molecular formula is C21H21Cl3N4O. The molecule has 152 valence electrons. The number of rotatable bonds is 4. The Morgan fingerprint density at radius 2 is 1.55 bits per heavy atom. The minimum absolute atomic E-state index is 0.221. The molecule has 3 aromatic rings. The van der Waals surface area contributed by atoms with Crippen LogP contribution in [0.2, 0.25) is 15.1 Å². The van der Waals surface area contributed by atoms with Gasteiger partial charge in [0.15, 0.2) is 0 Å². The number of hydrogen-bond donors (Lipinski definition) is 0. The first kappa shape index (κ1) is 20.4. The molecule has 0 spiro atoms. The van der Waals surface area contributed by atoms with Crippen molar-refractivity contribution in [2.24, 2.45) is 7.05 Å². The lowest BCUT2D eigenvalue weighted by molar-refractivity contribution is 0.243. The van der Waals surface area contributed by atoms with E-state index in [1.807, 2.05) is 48.1 Å². The quantitative estimate of drug-likeness (QED) is 0.587. The van der Waals surface area contributed by atoms with Crippen molar-refractivity contribution in [1.82, 2.24) is 14.3 Å². The molecule has 8 heteroatoms. The molecule has 4 rings (SSSR count). The summed E-state index contributed by atoms with van der Waals surface area (Å²) >= 11 is 18.7. The van der Waals surface area contributed by atoms with E-state index in [9.17, 15) is 4.79 Å². The summed E-state index contributed by atoms with van der Waals surface area (Å²) in [4.78, 5) is 17.3. The lowest BCUT2D eigenvalue weighted by atomic mass is 10.2. The third kappa shape index (κ3) is 4.05. The highest BCUT2D eigenvalue weighted by Gasteiger charge is 2.23. The fourth-order valence-electron chi connectivity index (χ4n) is 3.73. The van der Waals surface area contributed by atoms with Gasteiger partial charge in [0, 0.05) is 44.8 Å². The molecule has 0 bridgehead atoms. The maximum Gasteiger partial charge on any atom is 0.290 e. The number of aromatic nitrogens is 2. The van der Waals surface area contributed by atoms with Crippen LogP contribution < -0.4 is 10.5 Å². The zero-order valence-corrected chi connectivity index (χ0v) is 18.3. The predicted octanol–water partition coefficient (Wildman–Crippen LogP) is 4.46. The summed E-state index contributed by atoms with van der Waals surface area (Å²) in [7, 11) is 1.86. The van der Waals surface area contributed by atoms with Crippen LogP contribution in [0, 0.1) is 0 Å². The summed E-state index contributed by atoms with van der Waals surface area (Å²) in [5.74, 6) is 0. The second kappa shape index (κ2) is 8.44. The summed E-state index contributed by atoms with van der Waals surface area (Å²) in [6.07, 6.45) is 0. The smallest absolute Gasteiger partial charge is 0.290 e. The number of hydrogen-bond acceptors (Lipinski definition) is 3. The molecule has 2 heterocycles. The zero-order chi connectivity index (χ0) is 20.5. The van der Waals surface area contributed by atoms with Crippen LogP contribution in [0.15, 0.2) is 53.3 Å². The van der Waals surface area contributed by atoms with E-state index in [2.05, 4.69) is 9.80 Å². The van der Waals surface area contributed by atoms with Gasteiger partial charge in [-0.15, -0.1) is 0 Å². The fraction of sp³-hybridized carbons (Fsp3) is 0.286. The molecule has 1 aromatic heterocycles. The molecule has 0 N–H and O–H groups in total. The third-order valence-corrected chi connectivity index (χ3v) is 6.29. The highest BCUT2D eigenvalue weighted by atomic mass is 35.5. The SMILES string of the molecule is Cn1c(CN2CCN(c3ccccc3Cl)CC2)c(Cl)c(=O)n1-c1ccc(Cl)cc1. The van der Waals surface area contributed by atoms with Crippen molar-refractivity contribution in [1.29, 1.82) is 0 Å². The lowest BCUT2D eigenvalue weighted by Crippen LogP contribution is -2.46. The molecule has 1 saturated heterocycles. The van der Waals surface area contributed by atoms with Gasteiger partial charge in [-0.3, -0.25) is 14.4 Å². The summed E-state index contributed by atoms with van der Waals surface area (Å²) < 4.78 is 3.41. The molecule has 1 aliphatic rings. The maximum absolute atomic E-state index is 12.7. The van der Waals surface area contributed by atoms with Crippen molar-refractivity contribution in [3.8, 4) is 5.69 Å². The highest BCUT2D eigenvalue weighted by molar-refractivity contribution is 6.33. The van der Waals surface area contributed by atoms with Crippen LogP contribution in [0.25, 0.3) is 5.69 Å². The molecule has 0 radical (unpaired) electrons. The Labute approximate surface area is 184 Å². The first-order valence-electron chi connectivity index (χ1n) is 9.40. The maximum atomic E-state index is 12.7. The van der Waals surface area contributed by atoms with Crippen molar-refractivity contribution in [3.05, 3.63) is 79.6 Å². The van der Waals surface area contributed by atoms with Crippen LogP contribution >= 0.6 is 34.8 Å². The third-order valence-electron chi connectivity index (χ3n) is 5.33. The van der Waals surface area contributed by atoms with E-state index in [1.165, 1.54) is 0 Å². The number of halogens is 3. The average Bonchev–Trinajstić information content (AvgIpc) is 2.93. The van der Waals surface area contributed by atoms with Gasteiger partial charge in [0.2, 0.25) is 0 Å². The van der Waals surface area contributed by atoms with Gasteiger partial charge in [-0.25, -0.2) is 4.68 Å². The first-order valence-corrected chi connectivity index (χ1v) is 10.5. The molecule has 0 saturated carbocycles. The predicted molar refractivity (Wildman–Crippen MR) is 120 cm³/mol. The van der Waals surface area contributed by atoms with E-state index >= 15 is 0 Å². The van der Waals surface area contributed by atoms with Crippen molar-refractivity contribution in [3.63, 3.8) is 0 Å². The Morgan fingerprint density at radius 1 is 0.897 bits per heavy atom. The van der Waals surface area contributed by atoms with Crippen molar-refractivity contribution in [2.75, 3.05) is 31.1 Å². The minimum Gasteiger partial charge on any atom is -0.368 e. The first-order chi connectivity index (χ1) is 14.0. The molecule has 0 aliphatic carbocycles. The van der Waals surface area contributed by atoms with E-state index in [4.69, 9.17) is 34.8 Å². The number of anilines is 1. The highest BCUT2D eigenvalue weighted by Crippen LogP contribution is 2.26. The summed E-state index contributed by atoms with van der Waals surface area (Å²) in [5.41, 5.74) is 2.38. The van der Waals surface area contributed by atoms with Gasteiger partial charge in [-0.05, 0) is 36.4 Å². The minimum atomic E-state index is -0.221. The van der Waals surface area contributed by atoms with Gasteiger partial charge < -0.3 is 4.90 Å². The average molecular weight is 452 g/mol. The van der Waals surface area contributed by atoms with Gasteiger partial charge in [-0.2, -0.15) is 0 Å². The van der Waals surface area contributed by atoms with Gasteiger partial charge in [0.25, 0.3) is 5.56 Å². The molecule has 1 fully saturated rings. The van der Waals surface area contributed by atoms with Gasteiger partial charge in [0.1, 0.15) is 5.02 Å². The van der Waals surface area contributed by atoms with Crippen LogP contribution in [0.4, 0.5) is 5.69 Å². The molecule has 29 heavy (non-hydrogen) atoms. The van der Waals surface area contributed by atoms with Crippen LogP contribution in [0.1, 0.15) is 5.69 Å². The van der Waals surface area contributed by atoms with E-state index in [0.717, 1.165) is 48.3 Å². The Bertz CT molecular complexity index is 1070. The summed E-state index contributed by atoms with van der Waals surface area (Å²) in [6, 6.07) is 15.1. The Balaban J connectivity index is 1.51. The van der Waals surface area contributed by atoms with E-state index in [0.29, 0.717) is 11.6 Å². The van der Waals surface area contributed by atoms with Crippen LogP contribution in [0.3, 0.4) is 0 Å². The zero-order valence-electron chi connectivity index (χ0n) is 16.0. The lowest BCUT2D eigenvalue weighted by Gasteiger charge is -2.36. The Kier molecular flexibility index (Phi) is 5.93. The molecule has 2 aromatic carbocycles. The van der Waals surface area contributed by atoms with E-state index < -0.39 is 0 Å². The van der Waals surface area contributed by atoms with Gasteiger partial charge in [0.05, 0.1) is 22.1 Å². The van der Waals surface area contributed by atoms with Crippen LogP contribution in [0.5, 0.6) is 0 Å². The molecule has 0 amide bonds.